The molecule has 1 fully saturated rings. The Labute approximate surface area is 110 Å². The summed E-state index contributed by atoms with van der Waals surface area (Å²) in [6.45, 7) is 11.4. The van der Waals surface area contributed by atoms with Crippen molar-refractivity contribution in [2.75, 3.05) is 13.1 Å². The monoisotopic (exact) mass is 251 g/mol. The van der Waals surface area contributed by atoms with E-state index >= 15 is 0 Å². The fraction of sp³-hybridized carbons (Fsp3) is 0.786. The first-order chi connectivity index (χ1) is 8.61. The van der Waals surface area contributed by atoms with Crippen molar-refractivity contribution in [3.63, 3.8) is 0 Å². The summed E-state index contributed by atoms with van der Waals surface area (Å²) in [5.41, 5.74) is 3.71. The molecule has 0 aromatic carbocycles. The molecule has 1 N–H and O–H groups in total. The Balaban J connectivity index is 1.89. The third-order valence-corrected chi connectivity index (χ3v) is 3.94. The van der Waals surface area contributed by atoms with E-state index in [0.29, 0.717) is 12.2 Å². The molecule has 0 saturated carbocycles. The summed E-state index contributed by atoms with van der Waals surface area (Å²) in [5.74, 6) is 0. The van der Waals surface area contributed by atoms with Crippen LogP contribution >= 0.6 is 0 Å². The van der Waals surface area contributed by atoms with Crippen LogP contribution in [-0.2, 0) is 11.3 Å². The minimum atomic E-state index is 0.325. The number of likely N-dealkylation sites (N-methyl/N-ethyl adjacent to an activating group) is 1. The van der Waals surface area contributed by atoms with Crippen LogP contribution < -0.4 is 5.32 Å². The molecule has 0 bridgehead atoms. The number of hydrogen-bond donors (Lipinski definition) is 1. The summed E-state index contributed by atoms with van der Waals surface area (Å²) < 4.78 is 8.15. The third kappa shape index (κ3) is 2.93. The van der Waals surface area contributed by atoms with Gasteiger partial charge in [0.15, 0.2) is 0 Å². The quantitative estimate of drug-likeness (QED) is 0.869. The standard InChI is InChI=1S/C14H25N3O/c1-5-15-8-13-6-7-14(18-13)9-17-12(4)10(2)11(3)16-17/h13-15H,5-9H2,1-4H3. The second-order valence-electron chi connectivity index (χ2n) is 5.24. The molecule has 0 radical (unpaired) electrons. The van der Waals surface area contributed by atoms with Crippen molar-refractivity contribution in [2.45, 2.75) is 59.3 Å². The van der Waals surface area contributed by atoms with Crippen LogP contribution in [0.15, 0.2) is 0 Å². The molecule has 0 aliphatic carbocycles. The van der Waals surface area contributed by atoms with Crippen molar-refractivity contribution >= 4 is 0 Å². The van der Waals surface area contributed by atoms with E-state index in [0.717, 1.165) is 38.2 Å². The molecule has 2 atom stereocenters. The lowest BCUT2D eigenvalue weighted by molar-refractivity contribution is 0.0341. The summed E-state index contributed by atoms with van der Waals surface area (Å²) >= 11 is 0. The van der Waals surface area contributed by atoms with Crippen LogP contribution in [0, 0.1) is 20.8 Å². The minimum Gasteiger partial charge on any atom is -0.372 e. The molecule has 1 aliphatic heterocycles. The molecule has 2 rings (SSSR count). The molecule has 18 heavy (non-hydrogen) atoms. The maximum absolute atomic E-state index is 6.05. The van der Waals surface area contributed by atoms with E-state index < -0.39 is 0 Å². The van der Waals surface area contributed by atoms with Gasteiger partial charge in [0.1, 0.15) is 0 Å². The third-order valence-electron chi connectivity index (χ3n) is 3.94. The average Bonchev–Trinajstić information content (AvgIpc) is 2.89. The zero-order valence-corrected chi connectivity index (χ0v) is 12.0. The number of nitrogens with zero attached hydrogens (tertiary/aromatic N) is 2. The SMILES string of the molecule is CCNCC1CCC(Cn2nc(C)c(C)c2C)O1. The summed E-state index contributed by atoms with van der Waals surface area (Å²) in [4.78, 5) is 0. The molecule has 2 heterocycles. The van der Waals surface area contributed by atoms with E-state index in [-0.39, 0.29) is 0 Å². The Morgan fingerprint density at radius 1 is 1.28 bits per heavy atom. The average molecular weight is 251 g/mol. The predicted octanol–water partition coefficient (Wildman–Crippen LogP) is 1.97. The van der Waals surface area contributed by atoms with E-state index in [2.05, 4.69) is 42.8 Å². The summed E-state index contributed by atoms with van der Waals surface area (Å²) in [7, 11) is 0. The zero-order chi connectivity index (χ0) is 13.1. The Hall–Kier alpha value is -0.870. The van der Waals surface area contributed by atoms with Crippen LogP contribution in [0.3, 0.4) is 0 Å². The largest absolute Gasteiger partial charge is 0.372 e. The van der Waals surface area contributed by atoms with Gasteiger partial charge in [0.25, 0.3) is 0 Å². The molecule has 1 aliphatic rings. The molecular formula is C14H25N3O. The Morgan fingerprint density at radius 3 is 2.61 bits per heavy atom. The molecular weight excluding hydrogens is 226 g/mol. The Kier molecular flexibility index (Phi) is 4.40. The van der Waals surface area contributed by atoms with Gasteiger partial charge in [-0.2, -0.15) is 5.10 Å². The highest BCUT2D eigenvalue weighted by molar-refractivity contribution is 5.22. The van der Waals surface area contributed by atoms with Gasteiger partial charge in [0.05, 0.1) is 24.4 Å². The number of nitrogens with one attached hydrogen (secondary N) is 1. The maximum atomic E-state index is 6.05. The lowest BCUT2D eigenvalue weighted by Crippen LogP contribution is -2.28. The van der Waals surface area contributed by atoms with Crippen LogP contribution in [-0.4, -0.2) is 35.1 Å². The van der Waals surface area contributed by atoms with Crippen molar-refractivity contribution in [1.29, 1.82) is 0 Å². The molecule has 102 valence electrons. The molecule has 2 unspecified atom stereocenters. The van der Waals surface area contributed by atoms with Crippen LogP contribution in [0.1, 0.15) is 36.7 Å². The molecule has 4 nitrogen and oxygen atoms in total. The fourth-order valence-corrected chi connectivity index (χ4v) is 2.53. The van der Waals surface area contributed by atoms with Crippen molar-refractivity contribution in [3.8, 4) is 0 Å². The minimum absolute atomic E-state index is 0.325. The number of ether oxygens (including phenoxy) is 1. The highest BCUT2D eigenvalue weighted by Gasteiger charge is 2.25. The van der Waals surface area contributed by atoms with E-state index in [1.165, 1.54) is 11.3 Å². The molecule has 1 saturated heterocycles. The van der Waals surface area contributed by atoms with E-state index in [4.69, 9.17) is 4.74 Å². The van der Waals surface area contributed by atoms with Gasteiger partial charge in [-0.15, -0.1) is 0 Å². The Morgan fingerprint density at radius 2 is 2.00 bits per heavy atom. The van der Waals surface area contributed by atoms with Gasteiger partial charge in [-0.3, -0.25) is 4.68 Å². The summed E-state index contributed by atoms with van der Waals surface area (Å²) in [6, 6.07) is 0. The number of aromatic nitrogens is 2. The van der Waals surface area contributed by atoms with Crippen molar-refractivity contribution in [2.24, 2.45) is 0 Å². The van der Waals surface area contributed by atoms with Crippen LogP contribution in [0.4, 0.5) is 0 Å². The Bertz CT molecular complexity index is 400. The van der Waals surface area contributed by atoms with Gasteiger partial charge in [0, 0.05) is 12.2 Å². The summed E-state index contributed by atoms with van der Waals surface area (Å²) in [6.07, 6.45) is 3.02. The van der Waals surface area contributed by atoms with Crippen LogP contribution in [0.5, 0.6) is 0 Å². The molecule has 4 heteroatoms. The van der Waals surface area contributed by atoms with E-state index in [1.807, 2.05) is 0 Å². The first-order valence-electron chi connectivity index (χ1n) is 6.98. The van der Waals surface area contributed by atoms with Gasteiger partial charge in [-0.1, -0.05) is 6.92 Å². The van der Waals surface area contributed by atoms with Crippen molar-refractivity contribution in [1.82, 2.24) is 15.1 Å². The lowest BCUT2D eigenvalue weighted by Gasteiger charge is -2.15. The predicted molar refractivity (Wildman–Crippen MR) is 72.9 cm³/mol. The maximum Gasteiger partial charge on any atom is 0.0776 e. The van der Waals surface area contributed by atoms with Crippen LogP contribution in [0.2, 0.25) is 0 Å². The first-order valence-corrected chi connectivity index (χ1v) is 6.98. The second kappa shape index (κ2) is 5.85. The normalized spacial score (nSPS) is 23.8. The summed E-state index contributed by atoms with van der Waals surface area (Å²) in [5, 5.41) is 7.93. The molecule has 1 aromatic rings. The highest BCUT2D eigenvalue weighted by atomic mass is 16.5. The smallest absolute Gasteiger partial charge is 0.0776 e. The zero-order valence-electron chi connectivity index (χ0n) is 12.0. The van der Waals surface area contributed by atoms with Gasteiger partial charge in [-0.25, -0.2) is 0 Å². The van der Waals surface area contributed by atoms with E-state index in [9.17, 15) is 0 Å². The molecule has 1 aromatic heterocycles. The lowest BCUT2D eigenvalue weighted by atomic mass is 10.2. The fourth-order valence-electron chi connectivity index (χ4n) is 2.53. The van der Waals surface area contributed by atoms with Crippen molar-refractivity contribution < 1.29 is 4.74 Å². The topological polar surface area (TPSA) is 39.1 Å². The van der Waals surface area contributed by atoms with Gasteiger partial charge in [-0.05, 0) is 45.7 Å². The number of rotatable bonds is 5. The van der Waals surface area contributed by atoms with Crippen LogP contribution in [0.25, 0.3) is 0 Å². The highest BCUT2D eigenvalue weighted by Crippen LogP contribution is 2.22. The molecule has 0 spiro atoms. The molecule has 0 amide bonds. The van der Waals surface area contributed by atoms with Gasteiger partial charge >= 0.3 is 0 Å². The van der Waals surface area contributed by atoms with Crippen molar-refractivity contribution in [3.05, 3.63) is 17.0 Å². The number of hydrogen-bond acceptors (Lipinski definition) is 3. The van der Waals surface area contributed by atoms with Gasteiger partial charge < -0.3 is 10.1 Å². The van der Waals surface area contributed by atoms with Gasteiger partial charge in [0.2, 0.25) is 0 Å². The second-order valence-corrected chi connectivity index (χ2v) is 5.24. The van der Waals surface area contributed by atoms with E-state index in [1.54, 1.807) is 0 Å². The number of aryl methyl sites for hydroxylation is 1. The first kappa shape index (κ1) is 13.6.